The third kappa shape index (κ3) is 11.7. The zero-order chi connectivity index (χ0) is 13.5. The summed E-state index contributed by atoms with van der Waals surface area (Å²) in [4.78, 5) is 11.5. The molecule has 1 atom stereocenters. The molecule has 102 valence electrons. The van der Waals surface area contributed by atoms with Gasteiger partial charge < -0.3 is 4.74 Å². The van der Waals surface area contributed by atoms with E-state index in [1.807, 2.05) is 20.8 Å². The predicted octanol–water partition coefficient (Wildman–Crippen LogP) is 4.57. The highest BCUT2D eigenvalue weighted by Gasteiger charge is 2.16. The molecule has 0 saturated heterocycles. The van der Waals surface area contributed by atoms with Crippen LogP contribution in [0.15, 0.2) is 0 Å². The summed E-state index contributed by atoms with van der Waals surface area (Å²) in [5.74, 6) is 1.35. The van der Waals surface area contributed by atoms with Crippen molar-refractivity contribution in [1.29, 1.82) is 0 Å². The monoisotopic (exact) mass is 242 g/mol. The molecule has 17 heavy (non-hydrogen) atoms. The zero-order valence-corrected chi connectivity index (χ0v) is 12.5. The van der Waals surface area contributed by atoms with Crippen molar-refractivity contribution in [3.8, 4) is 0 Å². The van der Waals surface area contributed by atoms with E-state index in [1.54, 1.807) is 0 Å². The number of carbonyl (C=O) groups is 1. The van der Waals surface area contributed by atoms with Crippen LogP contribution in [0.2, 0.25) is 0 Å². The normalized spacial score (nSPS) is 13.8. The molecule has 0 aliphatic carbocycles. The number of hydrogen-bond donors (Lipinski definition) is 0. The molecule has 0 spiro atoms. The van der Waals surface area contributed by atoms with E-state index >= 15 is 0 Å². The van der Waals surface area contributed by atoms with E-state index in [0.717, 1.165) is 12.3 Å². The fraction of sp³-hybridized carbons (Fsp3) is 0.933. The first-order valence-corrected chi connectivity index (χ1v) is 6.92. The smallest absolute Gasteiger partial charge is 0.306 e. The van der Waals surface area contributed by atoms with Crippen molar-refractivity contribution in [2.24, 2.45) is 11.8 Å². The molecular formula is C15H30O2. The molecule has 2 heteroatoms. The van der Waals surface area contributed by atoms with E-state index in [2.05, 4.69) is 20.8 Å². The van der Waals surface area contributed by atoms with Crippen molar-refractivity contribution in [1.82, 2.24) is 0 Å². The lowest BCUT2D eigenvalue weighted by Crippen LogP contribution is -2.24. The molecule has 2 nitrogen and oxygen atoms in total. The Balaban J connectivity index is 3.62. The second-order valence-electron chi connectivity index (χ2n) is 6.56. The summed E-state index contributed by atoms with van der Waals surface area (Å²) < 4.78 is 5.29. The van der Waals surface area contributed by atoms with Crippen LogP contribution < -0.4 is 0 Å². The Morgan fingerprint density at radius 1 is 1.06 bits per heavy atom. The van der Waals surface area contributed by atoms with Gasteiger partial charge in [-0.2, -0.15) is 0 Å². The van der Waals surface area contributed by atoms with Gasteiger partial charge in [0.15, 0.2) is 0 Å². The molecule has 0 aliphatic rings. The first-order valence-electron chi connectivity index (χ1n) is 6.92. The Morgan fingerprint density at radius 3 is 2.12 bits per heavy atom. The van der Waals surface area contributed by atoms with Crippen LogP contribution in [0, 0.1) is 11.8 Å². The predicted molar refractivity (Wildman–Crippen MR) is 72.9 cm³/mol. The van der Waals surface area contributed by atoms with Gasteiger partial charge in [-0.05, 0) is 39.0 Å². The summed E-state index contributed by atoms with van der Waals surface area (Å²) in [5, 5.41) is 0. The van der Waals surface area contributed by atoms with Crippen LogP contribution in [0.1, 0.15) is 73.6 Å². The minimum absolute atomic E-state index is 0.0618. The molecule has 0 aromatic rings. The molecule has 0 radical (unpaired) electrons. The quantitative estimate of drug-likeness (QED) is 0.611. The molecule has 0 heterocycles. The van der Waals surface area contributed by atoms with Gasteiger partial charge in [-0.25, -0.2) is 0 Å². The minimum Gasteiger partial charge on any atom is -0.460 e. The van der Waals surface area contributed by atoms with Crippen molar-refractivity contribution in [3.05, 3.63) is 0 Å². The van der Waals surface area contributed by atoms with Gasteiger partial charge in [0.2, 0.25) is 0 Å². The van der Waals surface area contributed by atoms with E-state index in [1.165, 1.54) is 19.3 Å². The van der Waals surface area contributed by atoms with Gasteiger partial charge in [0, 0.05) is 6.42 Å². The molecule has 0 rings (SSSR count). The van der Waals surface area contributed by atoms with Crippen LogP contribution in [0.4, 0.5) is 0 Å². The number of esters is 1. The van der Waals surface area contributed by atoms with Crippen molar-refractivity contribution in [2.75, 3.05) is 0 Å². The third-order valence-corrected chi connectivity index (χ3v) is 2.74. The molecule has 0 aliphatic heterocycles. The van der Waals surface area contributed by atoms with Crippen molar-refractivity contribution < 1.29 is 9.53 Å². The Morgan fingerprint density at radius 2 is 1.65 bits per heavy atom. The van der Waals surface area contributed by atoms with Crippen molar-refractivity contribution in [3.63, 3.8) is 0 Å². The fourth-order valence-electron chi connectivity index (χ4n) is 1.78. The molecule has 0 saturated carbocycles. The van der Waals surface area contributed by atoms with Crippen LogP contribution in [0.5, 0.6) is 0 Å². The molecule has 0 aromatic carbocycles. The molecule has 1 unspecified atom stereocenters. The summed E-state index contributed by atoms with van der Waals surface area (Å²) in [7, 11) is 0. The molecule has 0 bridgehead atoms. The van der Waals surface area contributed by atoms with Crippen LogP contribution in [-0.4, -0.2) is 11.6 Å². The Labute approximate surface area is 107 Å². The number of rotatable bonds is 7. The van der Waals surface area contributed by atoms with E-state index in [9.17, 15) is 4.79 Å². The SMILES string of the molecule is CC(C)CCCC(C)CCC(=O)OC(C)(C)C. The Bertz CT molecular complexity index is 213. The number of carbonyl (C=O) groups excluding carboxylic acids is 1. The van der Waals surface area contributed by atoms with E-state index < -0.39 is 0 Å². The Hall–Kier alpha value is -0.530. The fourth-order valence-corrected chi connectivity index (χ4v) is 1.78. The highest BCUT2D eigenvalue weighted by Crippen LogP contribution is 2.18. The zero-order valence-electron chi connectivity index (χ0n) is 12.5. The van der Waals surface area contributed by atoms with Gasteiger partial charge in [-0.15, -0.1) is 0 Å². The van der Waals surface area contributed by atoms with Gasteiger partial charge in [0.1, 0.15) is 5.60 Å². The second-order valence-corrected chi connectivity index (χ2v) is 6.56. The van der Waals surface area contributed by atoms with Gasteiger partial charge in [-0.1, -0.05) is 40.0 Å². The minimum atomic E-state index is -0.349. The third-order valence-electron chi connectivity index (χ3n) is 2.74. The molecule has 0 N–H and O–H groups in total. The van der Waals surface area contributed by atoms with Gasteiger partial charge in [0.05, 0.1) is 0 Å². The van der Waals surface area contributed by atoms with E-state index in [0.29, 0.717) is 12.3 Å². The maximum Gasteiger partial charge on any atom is 0.306 e. The van der Waals surface area contributed by atoms with Crippen molar-refractivity contribution >= 4 is 5.97 Å². The highest BCUT2D eigenvalue weighted by molar-refractivity contribution is 5.69. The van der Waals surface area contributed by atoms with Crippen molar-refractivity contribution in [2.45, 2.75) is 79.2 Å². The van der Waals surface area contributed by atoms with Gasteiger partial charge in [0.25, 0.3) is 0 Å². The lowest BCUT2D eigenvalue weighted by molar-refractivity contribution is -0.155. The summed E-state index contributed by atoms with van der Waals surface area (Å²) in [6.07, 6.45) is 5.29. The maximum atomic E-state index is 11.5. The first kappa shape index (κ1) is 16.5. The molecular weight excluding hydrogens is 212 g/mol. The molecule has 0 aromatic heterocycles. The second kappa shape index (κ2) is 7.73. The highest BCUT2D eigenvalue weighted by atomic mass is 16.6. The van der Waals surface area contributed by atoms with Gasteiger partial charge in [-0.3, -0.25) is 4.79 Å². The summed E-state index contributed by atoms with van der Waals surface area (Å²) in [5.41, 5.74) is -0.349. The summed E-state index contributed by atoms with van der Waals surface area (Å²) >= 11 is 0. The average Bonchev–Trinajstić information content (AvgIpc) is 2.11. The number of ether oxygens (including phenoxy) is 1. The first-order chi connectivity index (χ1) is 7.70. The van der Waals surface area contributed by atoms with Crippen LogP contribution >= 0.6 is 0 Å². The van der Waals surface area contributed by atoms with E-state index in [-0.39, 0.29) is 11.6 Å². The lowest BCUT2D eigenvalue weighted by Gasteiger charge is -2.20. The standard InChI is InChI=1S/C15H30O2/c1-12(2)8-7-9-13(3)10-11-14(16)17-15(4,5)6/h12-13H,7-11H2,1-6H3. The van der Waals surface area contributed by atoms with Crippen LogP contribution in [0.3, 0.4) is 0 Å². The largest absolute Gasteiger partial charge is 0.460 e. The summed E-state index contributed by atoms with van der Waals surface area (Å²) in [6, 6.07) is 0. The van der Waals surface area contributed by atoms with Crippen LogP contribution in [0.25, 0.3) is 0 Å². The number of hydrogen-bond acceptors (Lipinski definition) is 2. The maximum absolute atomic E-state index is 11.5. The summed E-state index contributed by atoms with van der Waals surface area (Å²) in [6.45, 7) is 12.5. The topological polar surface area (TPSA) is 26.3 Å². The molecule has 0 amide bonds. The Kier molecular flexibility index (Phi) is 7.49. The lowest BCUT2D eigenvalue weighted by atomic mass is 9.96. The van der Waals surface area contributed by atoms with Crippen LogP contribution in [-0.2, 0) is 9.53 Å². The van der Waals surface area contributed by atoms with E-state index in [4.69, 9.17) is 4.74 Å². The average molecular weight is 242 g/mol. The molecule has 0 fully saturated rings. The van der Waals surface area contributed by atoms with Gasteiger partial charge >= 0.3 is 5.97 Å².